The fourth-order valence-electron chi connectivity index (χ4n) is 0.679. The summed E-state index contributed by atoms with van der Waals surface area (Å²) >= 11 is 0. The molecule has 0 fully saturated rings. The summed E-state index contributed by atoms with van der Waals surface area (Å²) in [7, 11) is 0. The topological polar surface area (TPSA) is 86.2 Å². The Balaban J connectivity index is 4.44. The summed E-state index contributed by atoms with van der Waals surface area (Å²) in [4.78, 5) is 21.1. The van der Waals surface area contributed by atoms with Crippen LogP contribution in [0.15, 0.2) is 36.5 Å². The first-order valence-electron chi connectivity index (χ1n) is 3.50. The van der Waals surface area contributed by atoms with Gasteiger partial charge in [-0.25, -0.2) is 0 Å². The third kappa shape index (κ3) is 3.37. The lowest BCUT2D eigenvalue weighted by atomic mass is 9.99. The molecule has 0 rings (SSSR count). The predicted molar refractivity (Wildman–Crippen MR) is 50.4 cm³/mol. The van der Waals surface area contributed by atoms with E-state index in [4.69, 9.17) is 11.5 Å². The third-order valence-corrected chi connectivity index (χ3v) is 1.48. The van der Waals surface area contributed by atoms with E-state index in [0.29, 0.717) is 5.57 Å². The van der Waals surface area contributed by atoms with Crippen molar-refractivity contribution >= 4 is 11.8 Å². The van der Waals surface area contributed by atoms with Crippen LogP contribution in [0.4, 0.5) is 0 Å². The van der Waals surface area contributed by atoms with Gasteiger partial charge in [0.1, 0.15) is 0 Å². The van der Waals surface area contributed by atoms with Crippen molar-refractivity contribution in [3.8, 4) is 0 Å². The average Bonchev–Trinajstić information content (AvgIpc) is 2.00. The van der Waals surface area contributed by atoms with E-state index >= 15 is 0 Å². The molecule has 0 aromatic rings. The molecular weight excluding hydrogens is 168 g/mol. The van der Waals surface area contributed by atoms with Gasteiger partial charge in [0.25, 0.3) is 0 Å². The first kappa shape index (κ1) is 11.2. The fourth-order valence-corrected chi connectivity index (χ4v) is 0.679. The SMILES string of the molecule is C=C(CC(N)=O)C(=C)C(=C)C(N)=O. The van der Waals surface area contributed by atoms with Crippen molar-refractivity contribution in [3.63, 3.8) is 0 Å². The summed E-state index contributed by atoms with van der Waals surface area (Å²) in [6.45, 7) is 10.4. The predicted octanol–water partition coefficient (Wildman–Crippen LogP) is 0.0157. The van der Waals surface area contributed by atoms with E-state index in [1.165, 1.54) is 0 Å². The first-order valence-corrected chi connectivity index (χ1v) is 3.50. The van der Waals surface area contributed by atoms with Gasteiger partial charge in [-0.2, -0.15) is 0 Å². The van der Waals surface area contributed by atoms with Crippen LogP contribution in [0.3, 0.4) is 0 Å². The molecule has 4 nitrogen and oxygen atoms in total. The number of amides is 2. The molecule has 0 atom stereocenters. The summed E-state index contributed by atoms with van der Waals surface area (Å²) in [6.07, 6.45) is -0.0505. The molecule has 2 amide bonds. The minimum atomic E-state index is -0.685. The van der Waals surface area contributed by atoms with Crippen LogP contribution in [0.25, 0.3) is 0 Å². The summed E-state index contributed by atoms with van der Waals surface area (Å²) in [6, 6.07) is 0. The number of rotatable bonds is 5. The van der Waals surface area contributed by atoms with Gasteiger partial charge in [0.05, 0.1) is 6.42 Å². The maximum absolute atomic E-state index is 10.6. The lowest BCUT2D eigenvalue weighted by molar-refractivity contribution is -0.117. The van der Waals surface area contributed by atoms with E-state index in [0.717, 1.165) is 0 Å². The monoisotopic (exact) mass is 180 g/mol. The summed E-state index contributed by atoms with van der Waals surface area (Å²) in [5.74, 6) is -1.22. The molecule has 0 aliphatic heterocycles. The van der Waals surface area contributed by atoms with Crippen molar-refractivity contribution in [1.29, 1.82) is 0 Å². The van der Waals surface area contributed by atoms with Crippen molar-refractivity contribution in [1.82, 2.24) is 0 Å². The highest BCUT2D eigenvalue weighted by Gasteiger charge is 2.10. The highest BCUT2D eigenvalue weighted by Crippen LogP contribution is 2.16. The molecule has 0 aromatic heterocycles. The van der Waals surface area contributed by atoms with Gasteiger partial charge in [-0.3, -0.25) is 9.59 Å². The van der Waals surface area contributed by atoms with Crippen LogP contribution in [0.1, 0.15) is 6.42 Å². The van der Waals surface area contributed by atoms with E-state index < -0.39 is 11.8 Å². The van der Waals surface area contributed by atoms with Crippen molar-refractivity contribution < 1.29 is 9.59 Å². The van der Waals surface area contributed by atoms with Gasteiger partial charge in [0.2, 0.25) is 11.8 Å². The maximum Gasteiger partial charge on any atom is 0.248 e. The Kier molecular flexibility index (Phi) is 3.65. The zero-order valence-electron chi connectivity index (χ0n) is 7.30. The van der Waals surface area contributed by atoms with Gasteiger partial charge in [-0.1, -0.05) is 19.7 Å². The molecule has 0 saturated carbocycles. The quantitative estimate of drug-likeness (QED) is 0.461. The van der Waals surface area contributed by atoms with Crippen LogP contribution >= 0.6 is 0 Å². The second-order valence-electron chi connectivity index (χ2n) is 2.57. The largest absolute Gasteiger partial charge is 0.369 e. The van der Waals surface area contributed by atoms with Crippen molar-refractivity contribution in [2.45, 2.75) is 6.42 Å². The number of hydrogen-bond acceptors (Lipinski definition) is 2. The fraction of sp³-hybridized carbons (Fsp3) is 0.111. The molecule has 0 aromatic carbocycles. The molecule has 0 radical (unpaired) electrons. The van der Waals surface area contributed by atoms with Gasteiger partial charge in [-0.15, -0.1) is 0 Å². The Bertz CT molecular complexity index is 303. The zero-order valence-corrected chi connectivity index (χ0v) is 7.30. The molecule has 0 bridgehead atoms. The molecule has 4 N–H and O–H groups in total. The van der Waals surface area contributed by atoms with Gasteiger partial charge < -0.3 is 11.5 Å². The molecule has 0 unspecified atom stereocenters. The number of nitrogens with two attached hydrogens (primary N) is 2. The normalized spacial score (nSPS) is 8.92. The zero-order chi connectivity index (χ0) is 10.6. The number of hydrogen-bond donors (Lipinski definition) is 2. The van der Waals surface area contributed by atoms with E-state index in [2.05, 4.69) is 19.7 Å². The molecular formula is C9H12N2O2. The Morgan fingerprint density at radius 1 is 1.00 bits per heavy atom. The highest BCUT2D eigenvalue weighted by atomic mass is 16.1. The molecule has 0 aliphatic carbocycles. The summed E-state index contributed by atoms with van der Waals surface area (Å²) in [5, 5.41) is 0. The molecule has 0 aliphatic rings. The Labute approximate surface area is 76.6 Å². The Morgan fingerprint density at radius 3 is 1.77 bits per heavy atom. The van der Waals surface area contributed by atoms with Crippen LogP contribution in [-0.4, -0.2) is 11.8 Å². The summed E-state index contributed by atoms with van der Waals surface area (Å²) < 4.78 is 0. The van der Waals surface area contributed by atoms with Gasteiger partial charge >= 0.3 is 0 Å². The first-order chi connectivity index (χ1) is 5.86. The smallest absolute Gasteiger partial charge is 0.248 e. The van der Waals surface area contributed by atoms with E-state index in [9.17, 15) is 9.59 Å². The molecule has 0 saturated heterocycles. The van der Waals surface area contributed by atoms with Gasteiger partial charge in [0, 0.05) is 5.57 Å². The highest BCUT2D eigenvalue weighted by molar-refractivity contribution is 5.97. The molecule has 0 spiro atoms. The van der Waals surface area contributed by atoms with Crippen molar-refractivity contribution in [2.24, 2.45) is 11.5 Å². The van der Waals surface area contributed by atoms with E-state index in [1.807, 2.05) is 0 Å². The molecule has 70 valence electrons. The van der Waals surface area contributed by atoms with Gasteiger partial charge in [-0.05, 0) is 11.1 Å². The molecule has 13 heavy (non-hydrogen) atoms. The minimum Gasteiger partial charge on any atom is -0.369 e. The van der Waals surface area contributed by atoms with Crippen LogP contribution < -0.4 is 11.5 Å². The Hall–Kier alpha value is -1.84. The van der Waals surface area contributed by atoms with Crippen molar-refractivity contribution in [3.05, 3.63) is 36.5 Å². The maximum atomic E-state index is 10.6. The van der Waals surface area contributed by atoms with Gasteiger partial charge in [0.15, 0.2) is 0 Å². The third-order valence-electron chi connectivity index (χ3n) is 1.48. The standard InChI is InChI=1S/C9H12N2O2/c1-5(4-8(10)12)6(2)7(3)9(11)13/h1-4H2,(H2,10,12)(H2,11,13). The minimum absolute atomic E-state index is 0.0475. The van der Waals surface area contributed by atoms with Crippen LogP contribution in [0.5, 0.6) is 0 Å². The van der Waals surface area contributed by atoms with Crippen LogP contribution in [-0.2, 0) is 9.59 Å². The number of primary amides is 2. The number of carbonyl (C=O) groups is 2. The van der Waals surface area contributed by atoms with E-state index in [1.54, 1.807) is 0 Å². The molecule has 0 heterocycles. The second-order valence-corrected chi connectivity index (χ2v) is 2.57. The van der Waals surface area contributed by atoms with E-state index in [-0.39, 0.29) is 17.6 Å². The molecule has 4 heteroatoms. The second kappa shape index (κ2) is 4.25. The van der Waals surface area contributed by atoms with Crippen LogP contribution in [0, 0.1) is 0 Å². The van der Waals surface area contributed by atoms with Crippen LogP contribution in [0.2, 0.25) is 0 Å². The lowest BCUT2D eigenvalue weighted by Gasteiger charge is -2.07. The van der Waals surface area contributed by atoms with Crippen molar-refractivity contribution in [2.75, 3.05) is 0 Å². The Morgan fingerprint density at radius 2 is 1.46 bits per heavy atom. The summed E-state index contributed by atoms with van der Waals surface area (Å²) in [5.41, 5.74) is 10.5. The number of carbonyl (C=O) groups excluding carboxylic acids is 2. The lowest BCUT2D eigenvalue weighted by Crippen LogP contribution is -2.17. The average molecular weight is 180 g/mol.